The number of sulfonamides is 1. The summed E-state index contributed by atoms with van der Waals surface area (Å²) in [4.78, 5) is -0.0240. The van der Waals surface area contributed by atoms with Gasteiger partial charge in [-0.1, -0.05) is 5.16 Å². The Hall–Kier alpha value is -1.93. The molecule has 0 radical (unpaired) electrons. The average Bonchev–Trinajstić information content (AvgIpc) is 2.79. The maximum atomic E-state index is 13.3. The number of aryl methyl sites for hydroxylation is 2. The first-order valence-corrected chi connectivity index (χ1v) is 7.60. The van der Waals surface area contributed by atoms with Crippen molar-refractivity contribution >= 4 is 15.7 Å². The standard InChI is InChI=1S/C13H16FN3O3S/c1-8-4-11(14)12(15)6-13(8)21(18,19)17(3)7-10-5-9(2)20-16-10/h4-6H,7,15H2,1-3H3. The molecule has 2 aromatic rings. The van der Waals surface area contributed by atoms with Gasteiger partial charge in [0.25, 0.3) is 0 Å². The number of nitrogen functional groups attached to an aromatic ring is 1. The summed E-state index contributed by atoms with van der Waals surface area (Å²) in [7, 11) is -2.38. The van der Waals surface area contributed by atoms with Gasteiger partial charge < -0.3 is 10.3 Å². The van der Waals surface area contributed by atoms with Gasteiger partial charge in [0.2, 0.25) is 10.0 Å². The molecule has 0 spiro atoms. The van der Waals surface area contributed by atoms with Gasteiger partial charge >= 0.3 is 0 Å². The minimum Gasteiger partial charge on any atom is -0.396 e. The van der Waals surface area contributed by atoms with E-state index in [1.54, 1.807) is 13.0 Å². The summed E-state index contributed by atoms with van der Waals surface area (Å²) >= 11 is 0. The van der Waals surface area contributed by atoms with Crippen LogP contribution in [0.25, 0.3) is 0 Å². The van der Waals surface area contributed by atoms with Crippen LogP contribution in [0.1, 0.15) is 17.0 Å². The van der Waals surface area contributed by atoms with Crippen LogP contribution in [-0.4, -0.2) is 24.9 Å². The van der Waals surface area contributed by atoms with Crippen LogP contribution in [0.2, 0.25) is 0 Å². The second-order valence-electron chi connectivity index (χ2n) is 4.83. The summed E-state index contributed by atoms with van der Waals surface area (Å²) < 4.78 is 44.4. The highest BCUT2D eigenvalue weighted by Gasteiger charge is 2.25. The van der Waals surface area contributed by atoms with E-state index in [2.05, 4.69) is 5.16 Å². The van der Waals surface area contributed by atoms with Crippen LogP contribution in [0.3, 0.4) is 0 Å². The zero-order valence-corrected chi connectivity index (χ0v) is 12.7. The van der Waals surface area contributed by atoms with Crippen LogP contribution in [0, 0.1) is 19.7 Å². The van der Waals surface area contributed by atoms with E-state index in [0.29, 0.717) is 17.0 Å². The first-order chi connectivity index (χ1) is 9.71. The van der Waals surface area contributed by atoms with Gasteiger partial charge in [0, 0.05) is 13.1 Å². The molecule has 0 saturated heterocycles. The second-order valence-corrected chi connectivity index (χ2v) is 6.84. The molecule has 1 aromatic heterocycles. The van der Waals surface area contributed by atoms with E-state index in [-0.39, 0.29) is 17.1 Å². The van der Waals surface area contributed by atoms with Crippen LogP contribution in [0.15, 0.2) is 27.6 Å². The fourth-order valence-electron chi connectivity index (χ4n) is 1.92. The van der Waals surface area contributed by atoms with Crippen molar-refractivity contribution in [1.82, 2.24) is 9.46 Å². The summed E-state index contributed by atoms with van der Waals surface area (Å²) in [5.74, 6) is -0.0424. The lowest BCUT2D eigenvalue weighted by Crippen LogP contribution is -2.27. The van der Waals surface area contributed by atoms with Gasteiger partial charge in [-0.15, -0.1) is 0 Å². The van der Waals surface area contributed by atoms with Gasteiger partial charge in [0.05, 0.1) is 22.8 Å². The van der Waals surface area contributed by atoms with Gasteiger partial charge in [-0.25, -0.2) is 12.8 Å². The molecule has 0 unspecified atom stereocenters. The molecule has 0 saturated carbocycles. The Morgan fingerprint density at radius 1 is 1.33 bits per heavy atom. The summed E-state index contributed by atoms with van der Waals surface area (Å²) in [5, 5.41) is 3.75. The molecule has 0 bridgehead atoms. The highest BCUT2D eigenvalue weighted by atomic mass is 32.2. The fraction of sp³-hybridized carbons (Fsp3) is 0.308. The summed E-state index contributed by atoms with van der Waals surface area (Å²) in [6, 6.07) is 3.89. The van der Waals surface area contributed by atoms with Gasteiger partial charge in [-0.05, 0) is 31.5 Å². The summed E-state index contributed by atoms with van der Waals surface area (Å²) in [6.07, 6.45) is 0. The fourth-order valence-corrected chi connectivity index (χ4v) is 3.30. The number of hydrogen-bond acceptors (Lipinski definition) is 5. The predicted octanol–water partition coefficient (Wildman–Crippen LogP) is 1.83. The highest BCUT2D eigenvalue weighted by molar-refractivity contribution is 7.89. The Bertz CT molecular complexity index is 771. The number of anilines is 1. The molecule has 0 atom stereocenters. The molecular formula is C13H16FN3O3S. The summed E-state index contributed by atoms with van der Waals surface area (Å²) in [6.45, 7) is 3.29. The smallest absolute Gasteiger partial charge is 0.243 e. The zero-order valence-electron chi connectivity index (χ0n) is 11.9. The van der Waals surface area contributed by atoms with E-state index in [4.69, 9.17) is 10.3 Å². The molecule has 21 heavy (non-hydrogen) atoms. The minimum absolute atomic E-state index is 0.0240. The van der Waals surface area contributed by atoms with Crippen LogP contribution in [-0.2, 0) is 16.6 Å². The SMILES string of the molecule is Cc1cc(CN(C)S(=O)(=O)c2cc(N)c(F)cc2C)no1. The van der Waals surface area contributed by atoms with E-state index in [1.807, 2.05) is 0 Å². The monoisotopic (exact) mass is 313 g/mol. The number of benzene rings is 1. The van der Waals surface area contributed by atoms with E-state index in [0.717, 1.165) is 16.4 Å². The Kier molecular flexibility index (Phi) is 4.02. The van der Waals surface area contributed by atoms with Crippen LogP contribution in [0.4, 0.5) is 10.1 Å². The van der Waals surface area contributed by atoms with Crippen molar-refractivity contribution in [2.24, 2.45) is 0 Å². The average molecular weight is 313 g/mol. The third-order valence-corrected chi connectivity index (χ3v) is 4.99. The van der Waals surface area contributed by atoms with Crippen molar-refractivity contribution in [2.75, 3.05) is 12.8 Å². The highest BCUT2D eigenvalue weighted by Crippen LogP contribution is 2.24. The topological polar surface area (TPSA) is 89.4 Å². The molecule has 0 aliphatic carbocycles. The van der Waals surface area contributed by atoms with E-state index >= 15 is 0 Å². The Labute approximate surface area is 122 Å². The summed E-state index contributed by atoms with van der Waals surface area (Å²) in [5.41, 5.74) is 6.04. The molecule has 1 aromatic carbocycles. The van der Waals surface area contributed by atoms with Crippen molar-refractivity contribution in [3.8, 4) is 0 Å². The Balaban J connectivity index is 2.35. The lowest BCUT2D eigenvalue weighted by molar-refractivity contribution is 0.378. The minimum atomic E-state index is -3.79. The number of nitrogens with two attached hydrogens (primary N) is 1. The molecule has 0 amide bonds. The third-order valence-electron chi connectivity index (χ3n) is 3.04. The largest absolute Gasteiger partial charge is 0.396 e. The molecule has 1 heterocycles. The molecule has 2 N–H and O–H groups in total. The maximum Gasteiger partial charge on any atom is 0.243 e. The Morgan fingerprint density at radius 2 is 2.00 bits per heavy atom. The van der Waals surface area contributed by atoms with Gasteiger partial charge in [0.15, 0.2) is 0 Å². The molecule has 0 aliphatic heterocycles. The number of aromatic nitrogens is 1. The van der Waals surface area contributed by atoms with Crippen LogP contribution >= 0.6 is 0 Å². The number of rotatable bonds is 4. The van der Waals surface area contributed by atoms with Gasteiger partial charge in [-0.2, -0.15) is 4.31 Å². The lowest BCUT2D eigenvalue weighted by atomic mass is 10.2. The van der Waals surface area contributed by atoms with Crippen molar-refractivity contribution < 1.29 is 17.3 Å². The molecular weight excluding hydrogens is 297 g/mol. The van der Waals surface area contributed by atoms with Crippen molar-refractivity contribution in [3.63, 3.8) is 0 Å². The van der Waals surface area contributed by atoms with E-state index < -0.39 is 15.8 Å². The van der Waals surface area contributed by atoms with Crippen LogP contribution < -0.4 is 5.73 Å². The molecule has 8 heteroatoms. The van der Waals surface area contributed by atoms with Crippen LogP contribution in [0.5, 0.6) is 0 Å². The zero-order chi connectivity index (χ0) is 15.8. The van der Waals surface area contributed by atoms with E-state index in [9.17, 15) is 12.8 Å². The quantitative estimate of drug-likeness (QED) is 0.870. The van der Waals surface area contributed by atoms with Crippen molar-refractivity contribution in [3.05, 3.63) is 41.0 Å². The number of hydrogen-bond donors (Lipinski definition) is 1. The molecule has 0 aliphatic rings. The molecule has 6 nitrogen and oxygen atoms in total. The van der Waals surface area contributed by atoms with Gasteiger partial charge in [0.1, 0.15) is 11.6 Å². The molecule has 0 fully saturated rings. The van der Waals surface area contributed by atoms with Gasteiger partial charge in [-0.3, -0.25) is 0 Å². The lowest BCUT2D eigenvalue weighted by Gasteiger charge is -2.17. The van der Waals surface area contributed by atoms with Crippen molar-refractivity contribution in [2.45, 2.75) is 25.3 Å². The molecule has 2 rings (SSSR count). The molecule has 114 valence electrons. The third kappa shape index (κ3) is 3.06. The number of halogens is 1. The van der Waals surface area contributed by atoms with Crippen molar-refractivity contribution in [1.29, 1.82) is 0 Å². The first kappa shape index (κ1) is 15.5. The Morgan fingerprint density at radius 3 is 2.57 bits per heavy atom. The maximum absolute atomic E-state index is 13.3. The first-order valence-electron chi connectivity index (χ1n) is 6.16. The normalized spacial score (nSPS) is 12.0. The second kappa shape index (κ2) is 5.45. The predicted molar refractivity (Wildman–Crippen MR) is 75.4 cm³/mol. The van der Waals surface area contributed by atoms with E-state index in [1.165, 1.54) is 14.0 Å². The number of nitrogens with zero attached hydrogens (tertiary/aromatic N) is 2.